The largest absolute Gasteiger partial charge is 0.364 e. The molecule has 0 radical (unpaired) electrons. The van der Waals surface area contributed by atoms with Crippen LogP contribution in [-0.2, 0) is 0 Å². The quantitative estimate of drug-likeness (QED) is 0.621. The molecular formula is C7H6N4O. The van der Waals surface area contributed by atoms with Crippen LogP contribution in [0.25, 0.3) is 11.0 Å². The van der Waals surface area contributed by atoms with E-state index in [0.29, 0.717) is 5.52 Å². The summed E-state index contributed by atoms with van der Waals surface area (Å²) in [6, 6.07) is 1.73. The van der Waals surface area contributed by atoms with Gasteiger partial charge in [-0.15, -0.1) is 0 Å². The van der Waals surface area contributed by atoms with Crippen molar-refractivity contribution in [1.29, 1.82) is 0 Å². The third kappa shape index (κ3) is 0.833. The number of hydrogen-bond acceptors (Lipinski definition) is 3. The Labute approximate surface area is 67.6 Å². The van der Waals surface area contributed by atoms with Gasteiger partial charge in [0.1, 0.15) is 5.52 Å². The lowest BCUT2D eigenvalue weighted by Crippen LogP contribution is -2.13. The van der Waals surface area contributed by atoms with Crippen LogP contribution in [0, 0.1) is 0 Å². The van der Waals surface area contributed by atoms with Gasteiger partial charge in [0.2, 0.25) is 0 Å². The van der Waals surface area contributed by atoms with Gasteiger partial charge >= 0.3 is 0 Å². The summed E-state index contributed by atoms with van der Waals surface area (Å²) < 4.78 is 0. The molecule has 2 heterocycles. The minimum atomic E-state index is -0.562. The van der Waals surface area contributed by atoms with E-state index in [4.69, 9.17) is 5.73 Å². The molecule has 0 saturated heterocycles. The second kappa shape index (κ2) is 2.30. The average molecular weight is 162 g/mol. The van der Waals surface area contributed by atoms with E-state index >= 15 is 0 Å². The number of nitrogens with one attached hydrogen (secondary N) is 1. The molecule has 0 aliphatic rings. The summed E-state index contributed by atoms with van der Waals surface area (Å²) in [5.74, 6) is -0.562. The van der Waals surface area contributed by atoms with Gasteiger partial charge in [-0.05, 0) is 6.07 Å². The van der Waals surface area contributed by atoms with Crippen LogP contribution in [0.5, 0.6) is 0 Å². The van der Waals surface area contributed by atoms with Crippen LogP contribution in [0.1, 0.15) is 10.5 Å². The Morgan fingerprint density at radius 1 is 1.50 bits per heavy atom. The average Bonchev–Trinajstić information content (AvgIpc) is 2.49. The maximum absolute atomic E-state index is 10.8. The van der Waals surface area contributed by atoms with Gasteiger partial charge < -0.3 is 10.7 Å². The van der Waals surface area contributed by atoms with E-state index in [-0.39, 0.29) is 5.69 Å². The number of carbonyl (C=O) groups excluding carboxylic acids is 1. The zero-order valence-corrected chi connectivity index (χ0v) is 6.11. The van der Waals surface area contributed by atoms with E-state index in [9.17, 15) is 4.79 Å². The fraction of sp³-hybridized carbons (Fsp3) is 0. The van der Waals surface area contributed by atoms with E-state index in [1.807, 2.05) is 0 Å². The second-order valence-corrected chi connectivity index (χ2v) is 2.32. The lowest BCUT2D eigenvalue weighted by molar-refractivity contribution is 0.0997. The van der Waals surface area contributed by atoms with Gasteiger partial charge in [0.25, 0.3) is 5.91 Å². The summed E-state index contributed by atoms with van der Waals surface area (Å²) in [6.07, 6.45) is 3.01. The summed E-state index contributed by atoms with van der Waals surface area (Å²) >= 11 is 0. The van der Waals surface area contributed by atoms with E-state index in [2.05, 4.69) is 15.0 Å². The van der Waals surface area contributed by atoms with E-state index in [0.717, 1.165) is 5.52 Å². The maximum atomic E-state index is 10.8. The highest BCUT2D eigenvalue weighted by Gasteiger charge is 2.08. The molecule has 0 bridgehead atoms. The number of nitrogens with two attached hydrogens (primary N) is 1. The van der Waals surface area contributed by atoms with Crippen molar-refractivity contribution in [1.82, 2.24) is 15.0 Å². The molecule has 60 valence electrons. The fourth-order valence-electron chi connectivity index (χ4n) is 1.05. The Morgan fingerprint density at radius 2 is 2.33 bits per heavy atom. The number of fused-ring (bicyclic) bond motifs is 1. The molecule has 0 saturated carbocycles. The van der Waals surface area contributed by atoms with Crippen LogP contribution in [0.15, 0.2) is 18.6 Å². The predicted octanol–water partition coefficient (Wildman–Crippen LogP) is 0.0568. The number of imidazole rings is 1. The van der Waals surface area contributed by atoms with Crippen LogP contribution in [0.2, 0.25) is 0 Å². The van der Waals surface area contributed by atoms with E-state index in [1.165, 1.54) is 12.5 Å². The van der Waals surface area contributed by atoms with Gasteiger partial charge in [0, 0.05) is 6.20 Å². The summed E-state index contributed by atoms with van der Waals surface area (Å²) in [6.45, 7) is 0. The molecule has 3 N–H and O–H groups in total. The molecule has 0 aromatic carbocycles. The molecule has 2 aromatic rings. The molecule has 0 fully saturated rings. The predicted molar refractivity (Wildman–Crippen MR) is 42.4 cm³/mol. The first-order valence-electron chi connectivity index (χ1n) is 3.37. The summed E-state index contributed by atoms with van der Waals surface area (Å²) in [5, 5.41) is 0. The SMILES string of the molecule is NC(=O)c1nccc2[nH]cnc12. The number of aromatic nitrogens is 3. The molecule has 12 heavy (non-hydrogen) atoms. The standard InChI is InChI=1S/C7H6N4O/c8-7(12)6-5-4(1-2-9-6)10-3-11-5/h1-3H,(H2,8,12)(H,10,11). The monoisotopic (exact) mass is 162 g/mol. The maximum Gasteiger partial charge on any atom is 0.269 e. The van der Waals surface area contributed by atoms with E-state index < -0.39 is 5.91 Å². The zero-order chi connectivity index (χ0) is 8.55. The Hall–Kier alpha value is -1.91. The highest BCUT2D eigenvalue weighted by molar-refractivity contribution is 6.01. The number of aromatic amines is 1. The van der Waals surface area contributed by atoms with Crippen LogP contribution in [0.3, 0.4) is 0 Å². The van der Waals surface area contributed by atoms with Crippen LogP contribution >= 0.6 is 0 Å². The minimum Gasteiger partial charge on any atom is -0.364 e. The van der Waals surface area contributed by atoms with Crippen molar-refractivity contribution >= 4 is 16.9 Å². The van der Waals surface area contributed by atoms with Crippen LogP contribution in [0.4, 0.5) is 0 Å². The lowest BCUT2D eigenvalue weighted by atomic mass is 10.3. The third-order valence-electron chi connectivity index (χ3n) is 1.57. The number of carbonyl (C=O) groups is 1. The summed E-state index contributed by atoms with van der Waals surface area (Å²) in [4.78, 5) is 21.4. The Balaban J connectivity index is 2.82. The molecule has 0 spiro atoms. The molecular weight excluding hydrogens is 156 g/mol. The molecule has 5 heteroatoms. The van der Waals surface area contributed by atoms with Gasteiger partial charge in [-0.1, -0.05) is 0 Å². The molecule has 5 nitrogen and oxygen atoms in total. The molecule has 0 aliphatic carbocycles. The normalized spacial score (nSPS) is 10.3. The van der Waals surface area contributed by atoms with Crippen LogP contribution < -0.4 is 5.73 Å². The smallest absolute Gasteiger partial charge is 0.269 e. The highest BCUT2D eigenvalue weighted by atomic mass is 16.1. The number of H-pyrrole nitrogens is 1. The first kappa shape index (κ1) is 6.78. The molecule has 0 atom stereocenters. The molecule has 2 aromatic heterocycles. The number of rotatable bonds is 1. The Kier molecular flexibility index (Phi) is 1.30. The van der Waals surface area contributed by atoms with Crippen LogP contribution in [-0.4, -0.2) is 20.9 Å². The van der Waals surface area contributed by atoms with Gasteiger partial charge in [-0.2, -0.15) is 0 Å². The topological polar surface area (TPSA) is 84.7 Å². The summed E-state index contributed by atoms with van der Waals surface area (Å²) in [5.41, 5.74) is 6.57. The van der Waals surface area contributed by atoms with E-state index in [1.54, 1.807) is 6.07 Å². The first-order chi connectivity index (χ1) is 5.79. The van der Waals surface area contributed by atoms with Gasteiger partial charge in [0.15, 0.2) is 5.69 Å². The number of amides is 1. The molecule has 0 aliphatic heterocycles. The first-order valence-corrected chi connectivity index (χ1v) is 3.37. The van der Waals surface area contributed by atoms with Gasteiger partial charge in [0.05, 0.1) is 11.8 Å². The molecule has 2 rings (SSSR count). The van der Waals surface area contributed by atoms with Gasteiger partial charge in [-0.3, -0.25) is 4.79 Å². The lowest BCUT2D eigenvalue weighted by Gasteiger charge is -1.93. The summed E-state index contributed by atoms with van der Waals surface area (Å²) in [7, 11) is 0. The zero-order valence-electron chi connectivity index (χ0n) is 6.11. The third-order valence-corrected chi connectivity index (χ3v) is 1.57. The Morgan fingerprint density at radius 3 is 3.08 bits per heavy atom. The van der Waals surface area contributed by atoms with Crippen molar-refractivity contribution in [3.05, 3.63) is 24.3 Å². The fourth-order valence-corrected chi connectivity index (χ4v) is 1.05. The number of pyridine rings is 1. The molecule has 1 amide bonds. The number of nitrogens with zero attached hydrogens (tertiary/aromatic N) is 2. The van der Waals surface area contributed by atoms with Gasteiger partial charge in [-0.25, -0.2) is 9.97 Å². The second-order valence-electron chi connectivity index (χ2n) is 2.32. The van der Waals surface area contributed by atoms with Crippen molar-refractivity contribution in [3.8, 4) is 0 Å². The van der Waals surface area contributed by atoms with Crippen molar-refractivity contribution < 1.29 is 4.79 Å². The molecule has 0 unspecified atom stereocenters. The number of hydrogen-bond donors (Lipinski definition) is 2. The van der Waals surface area contributed by atoms with Crippen molar-refractivity contribution in [3.63, 3.8) is 0 Å². The highest BCUT2D eigenvalue weighted by Crippen LogP contribution is 2.10. The minimum absolute atomic E-state index is 0.203. The van der Waals surface area contributed by atoms with Crippen molar-refractivity contribution in [2.75, 3.05) is 0 Å². The Bertz CT molecular complexity index is 434. The number of primary amides is 1. The van der Waals surface area contributed by atoms with Crippen molar-refractivity contribution in [2.45, 2.75) is 0 Å². The van der Waals surface area contributed by atoms with Crippen molar-refractivity contribution in [2.24, 2.45) is 5.73 Å².